The highest BCUT2D eigenvalue weighted by Crippen LogP contribution is 2.42. The van der Waals surface area contributed by atoms with Crippen molar-refractivity contribution in [1.29, 1.82) is 0 Å². The molecule has 5 rings (SSSR count). The number of pyridine rings is 1. The largest absolute Gasteiger partial charge is 0.354 e. The van der Waals surface area contributed by atoms with E-state index in [4.69, 9.17) is 4.98 Å². The lowest BCUT2D eigenvalue weighted by molar-refractivity contribution is -0.114. The van der Waals surface area contributed by atoms with Crippen LogP contribution < -0.4 is 5.32 Å². The molecule has 0 aliphatic heterocycles. The topological polar surface area (TPSA) is 57.8 Å². The molecule has 1 amide bonds. The minimum Gasteiger partial charge on any atom is -0.354 e. The maximum absolute atomic E-state index is 11.3. The molecule has 2 heterocycles. The van der Waals surface area contributed by atoms with Gasteiger partial charge in [0.15, 0.2) is 0 Å². The highest BCUT2D eigenvalue weighted by Gasteiger charge is 2.23. The lowest BCUT2D eigenvalue weighted by Gasteiger charge is -2.06. The molecule has 1 aliphatic rings. The molecular formula is C26H25N3O. The Kier molecular flexibility index (Phi) is 4.62. The van der Waals surface area contributed by atoms with E-state index in [0.717, 1.165) is 35.3 Å². The number of benzene rings is 2. The number of nitrogens with one attached hydrogen (secondary N) is 2. The molecule has 0 bridgehead atoms. The Balaban J connectivity index is 1.46. The van der Waals surface area contributed by atoms with Crippen LogP contribution in [-0.2, 0) is 17.6 Å². The molecule has 30 heavy (non-hydrogen) atoms. The first-order valence-corrected chi connectivity index (χ1v) is 10.6. The molecular weight excluding hydrogens is 370 g/mol. The lowest BCUT2D eigenvalue weighted by Crippen LogP contribution is -2.05. The number of hydrogen-bond acceptors (Lipinski definition) is 2. The Morgan fingerprint density at radius 3 is 2.80 bits per heavy atom. The number of H-pyrrole nitrogens is 1. The third-order valence-electron chi connectivity index (χ3n) is 5.91. The molecule has 2 N–H and O–H groups in total. The number of aromatic nitrogens is 2. The number of fused-ring (bicyclic) bond motifs is 5. The summed E-state index contributed by atoms with van der Waals surface area (Å²) in [6, 6.07) is 17.0. The van der Waals surface area contributed by atoms with E-state index >= 15 is 0 Å². The average Bonchev–Trinajstić information content (AvgIpc) is 3.27. The molecule has 0 saturated carbocycles. The van der Waals surface area contributed by atoms with Crippen molar-refractivity contribution in [1.82, 2.24) is 9.97 Å². The van der Waals surface area contributed by atoms with E-state index < -0.39 is 0 Å². The zero-order valence-electron chi connectivity index (χ0n) is 17.4. The van der Waals surface area contributed by atoms with Crippen LogP contribution >= 0.6 is 0 Å². The zero-order valence-corrected chi connectivity index (χ0v) is 17.4. The van der Waals surface area contributed by atoms with Gasteiger partial charge < -0.3 is 10.3 Å². The second-order valence-electron chi connectivity index (χ2n) is 8.12. The Morgan fingerprint density at radius 1 is 1.13 bits per heavy atom. The van der Waals surface area contributed by atoms with Crippen molar-refractivity contribution in [3.8, 4) is 22.5 Å². The number of aryl methyl sites for hydroxylation is 1. The summed E-state index contributed by atoms with van der Waals surface area (Å²) in [5.74, 6) is -0.0450. The van der Waals surface area contributed by atoms with Crippen LogP contribution in [0, 0.1) is 0 Å². The Bertz CT molecular complexity index is 1250. The van der Waals surface area contributed by atoms with Crippen molar-refractivity contribution in [3.05, 3.63) is 71.4 Å². The van der Waals surface area contributed by atoms with Crippen molar-refractivity contribution in [2.24, 2.45) is 0 Å². The summed E-state index contributed by atoms with van der Waals surface area (Å²) >= 11 is 0. The number of aromatic amines is 1. The first kappa shape index (κ1) is 18.6. The van der Waals surface area contributed by atoms with Gasteiger partial charge in [-0.3, -0.25) is 9.78 Å². The van der Waals surface area contributed by atoms with Crippen molar-refractivity contribution in [3.63, 3.8) is 0 Å². The van der Waals surface area contributed by atoms with Crippen molar-refractivity contribution in [2.45, 2.75) is 39.5 Å². The number of amides is 1. The van der Waals surface area contributed by atoms with Gasteiger partial charge in [-0.15, -0.1) is 0 Å². The second kappa shape index (κ2) is 7.45. The lowest BCUT2D eigenvalue weighted by atomic mass is 10.0. The fraction of sp³-hybridized carbons (Fsp3) is 0.231. The number of rotatable bonds is 5. The van der Waals surface area contributed by atoms with Gasteiger partial charge in [0.2, 0.25) is 5.91 Å². The van der Waals surface area contributed by atoms with Crippen molar-refractivity contribution >= 4 is 22.5 Å². The van der Waals surface area contributed by atoms with Gasteiger partial charge in [-0.1, -0.05) is 37.6 Å². The van der Waals surface area contributed by atoms with Crippen molar-refractivity contribution < 1.29 is 4.79 Å². The molecule has 4 aromatic rings. The molecule has 2 aromatic carbocycles. The van der Waals surface area contributed by atoms with E-state index in [1.54, 1.807) is 0 Å². The van der Waals surface area contributed by atoms with Crippen molar-refractivity contribution in [2.75, 3.05) is 5.32 Å². The number of carbonyl (C=O) groups is 1. The molecule has 2 aromatic heterocycles. The quantitative estimate of drug-likeness (QED) is 0.378. The number of hydrogen-bond donors (Lipinski definition) is 2. The van der Waals surface area contributed by atoms with Gasteiger partial charge in [-0.25, -0.2) is 0 Å². The van der Waals surface area contributed by atoms with Crippen LogP contribution in [0.1, 0.15) is 43.4 Å². The summed E-state index contributed by atoms with van der Waals surface area (Å²) in [4.78, 5) is 19.7. The number of anilines is 1. The third-order valence-corrected chi connectivity index (χ3v) is 5.91. The maximum Gasteiger partial charge on any atom is 0.221 e. The molecule has 4 heteroatoms. The van der Waals surface area contributed by atoms with Gasteiger partial charge in [0.25, 0.3) is 0 Å². The fourth-order valence-corrected chi connectivity index (χ4v) is 4.41. The summed E-state index contributed by atoms with van der Waals surface area (Å²) in [5.41, 5.74) is 10.4. The van der Waals surface area contributed by atoms with Crippen LogP contribution in [-0.4, -0.2) is 15.9 Å². The minimum atomic E-state index is -0.0450. The second-order valence-corrected chi connectivity index (χ2v) is 8.12. The summed E-state index contributed by atoms with van der Waals surface area (Å²) in [7, 11) is 0. The summed E-state index contributed by atoms with van der Waals surface area (Å²) in [5, 5.41) is 4.13. The summed E-state index contributed by atoms with van der Waals surface area (Å²) in [6.07, 6.45) is 6.38. The van der Waals surface area contributed by atoms with E-state index in [0.29, 0.717) is 0 Å². The highest BCUT2D eigenvalue weighted by molar-refractivity contribution is 5.97. The normalized spacial score (nSPS) is 12.1. The van der Waals surface area contributed by atoms with Gasteiger partial charge in [0.1, 0.15) is 0 Å². The Morgan fingerprint density at radius 2 is 2.03 bits per heavy atom. The zero-order chi connectivity index (χ0) is 20.7. The van der Waals surface area contributed by atoms with E-state index in [1.807, 2.05) is 12.3 Å². The number of nitrogens with zero attached hydrogens (tertiary/aromatic N) is 1. The van der Waals surface area contributed by atoms with Gasteiger partial charge in [0, 0.05) is 47.3 Å². The van der Waals surface area contributed by atoms with Gasteiger partial charge in [-0.2, -0.15) is 0 Å². The van der Waals surface area contributed by atoms with Crippen LogP contribution in [0.2, 0.25) is 0 Å². The van der Waals surface area contributed by atoms with Crippen LogP contribution in [0.5, 0.6) is 0 Å². The molecule has 0 spiro atoms. The first-order chi connectivity index (χ1) is 14.6. The van der Waals surface area contributed by atoms with E-state index in [9.17, 15) is 4.79 Å². The third kappa shape index (κ3) is 3.28. The van der Waals surface area contributed by atoms with Gasteiger partial charge >= 0.3 is 0 Å². The summed E-state index contributed by atoms with van der Waals surface area (Å²) in [6.45, 7) is 3.75. The standard InChI is InChI=1S/C26H25N3O/c1-3-4-5-17-6-11-24(27-15-17)18-7-9-22-23-13-19-12-20(28-16(2)30)8-10-21(19)26(23)29-25(22)14-18/h6-12,14-15,29H,3-5,13H2,1-2H3,(H,28,30). The predicted octanol–water partition coefficient (Wildman–Crippen LogP) is 6.10. The molecule has 4 nitrogen and oxygen atoms in total. The summed E-state index contributed by atoms with van der Waals surface area (Å²) < 4.78 is 0. The fourth-order valence-electron chi connectivity index (χ4n) is 4.41. The number of carbonyl (C=O) groups excluding carboxylic acids is 1. The average molecular weight is 396 g/mol. The molecule has 0 unspecified atom stereocenters. The van der Waals surface area contributed by atoms with E-state index in [2.05, 4.69) is 59.7 Å². The van der Waals surface area contributed by atoms with Crippen LogP contribution in [0.25, 0.3) is 33.4 Å². The predicted molar refractivity (Wildman–Crippen MR) is 123 cm³/mol. The smallest absolute Gasteiger partial charge is 0.221 e. The Hall–Kier alpha value is -3.40. The molecule has 0 atom stereocenters. The monoisotopic (exact) mass is 395 g/mol. The highest BCUT2D eigenvalue weighted by atomic mass is 16.1. The number of unbranched alkanes of at least 4 members (excludes halogenated alkanes) is 1. The van der Waals surface area contributed by atoms with Crippen LogP contribution in [0.4, 0.5) is 5.69 Å². The molecule has 0 fully saturated rings. The van der Waals surface area contributed by atoms with Gasteiger partial charge in [-0.05, 0) is 53.8 Å². The van der Waals surface area contributed by atoms with Gasteiger partial charge in [0.05, 0.1) is 11.4 Å². The molecule has 150 valence electrons. The maximum atomic E-state index is 11.3. The van der Waals surface area contributed by atoms with Crippen LogP contribution in [0.3, 0.4) is 0 Å². The minimum absolute atomic E-state index is 0.0450. The van der Waals surface area contributed by atoms with Crippen LogP contribution in [0.15, 0.2) is 54.7 Å². The van der Waals surface area contributed by atoms with E-state index in [1.165, 1.54) is 53.1 Å². The van der Waals surface area contributed by atoms with E-state index in [-0.39, 0.29) is 5.91 Å². The SMILES string of the molecule is CCCCc1ccc(-c2ccc3c4c([nH]c3c2)-c2ccc(NC(C)=O)cc2C4)nc1. The molecule has 1 aliphatic carbocycles. The molecule has 0 radical (unpaired) electrons. The first-order valence-electron chi connectivity index (χ1n) is 10.6. The molecule has 0 saturated heterocycles. The Labute approximate surface area is 176 Å².